The molecule has 2 aromatic rings. The number of carbonyl (C=O) groups excluding carboxylic acids is 1. The van der Waals surface area contributed by atoms with Crippen LogP contribution in [0.4, 0.5) is 0 Å². The summed E-state index contributed by atoms with van der Waals surface area (Å²) in [5.74, 6) is -0.676. The lowest BCUT2D eigenvalue weighted by Gasteiger charge is -2.20. The second kappa shape index (κ2) is 8.48. The molecule has 1 aromatic carbocycles. The molecule has 0 aliphatic carbocycles. The number of amides is 1. The van der Waals surface area contributed by atoms with Crippen molar-refractivity contribution in [1.29, 1.82) is 0 Å². The van der Waals surface area contributed by atoms with Crippen LogP contribution in [0.1, 0.15) is 22.1 Å². The van der Waals surface area contributed by atoms with Gasteiger partial charge in [-0.1, -0.05) is 30.3 Å². The van der Waals surface area contributed by atoms with Gasteiger partial charge in [0.2, 0.25) is 0 Å². The molecule has 0 bridgehead atoms. The maximum Gasteiger partial charge on any atom is 0.330 e. The normalized spacial score (nSPS) is 24.2. The van der Waals surface area contributed by atoms with E-state index in [2.05, 4.69) is 10.3 Å². The van der Waals surface area contributed by atoms with Gasteiger partial charge >= 0.3 is 5.69 Å². The summed E-state index contributed by atoms with van der Waals surface area (Å²) in [6.07, 6.45) is -3.19. The molecule has 150 valence electrons. The fourth-order valence-corrected chi connectivity index (χ4v) is 3.06. The van der Waals surface area contributed by atoms with E-state index in [1.54, 1.807) is 0 Å². The van der Waals surface area contributed by atoms with Gasteiger partial charge in [-0.05, 0) is 5.56 Å². The molecular formula is C18H21N3O7. The zero-order valence-corrected chi connectivity index (χ0v) is 15.1. The summed E-state index contributed by atoms with van der Waals surface area (Å²) in [7, 11) is 1.31. The van der Waals surface area contributed by atoms with Crippen LogP contribution in [-0.2, 0) is 16.0 Å². The summed E-state index contributed by atoms with van der Waals surface area (Å²) >= 11 is 0. The molecule has 4 unspecified atom stereocenters. The minimum atomic E-state index is -1.19. The topological polar surface area (TPSA) is 143 Å². The Morgan fingerprint density at radius 2 is 2.04 bits per heavy atom. The van der Waals surface area contributed by atoms with E-state index >= 15 is 0 Å². The van der Waals surface area contributed by atoms with Gasteiger partial charge in [0.25, 0.3) is 11.5 Å². The second-order valence-electron chi connectivity index (χ2n) is 6.32. The molecule has 2 heterocycles. The first kappa shape index (κ1) is 20.0. The van der Waals surface area contributed by atoms with Crippen molar-refractivity contribution < 1.29 is 24.5 Å². The number of benzene rings is 1. The number of methoxy groups -OCH3 is 1. The third-order valence-electron chi connectivity index (χ3n) is 4.55. The van der Waals surface area contributed by atoms with Crippen LogP contribution in [0.25, 0.3) is 0 Å². The van der Waals surface area contributed by atoms with Gasteiger partial charge in [0, 0.05) is 19.9 Å². The van der Waals surface area contributed by atoms with Crippen molar-refractivity contribution in [3.05, 3.63) is 68.5 Å². The summed E-state index contributed by atoms with van der Waals surface area (Å²) in [6.45, 7) is -0.287. The van der Waals surface area contributed by atoms with Crippen LogP contribution in [-0.4, -0.2) is 57.7 Å². The molecule has 1 amide bonds. The minimum Gasteiger partial charge on any atom is -0.394 e. The molecule has 1 fully saturated rings. The van der Waals surface area contributed by atoms with E-state index in [1.165, 1.54) is 7.11 Å². The molecule has 0 saturated carbocycles. The zero-order chi connectivity index (χ0) is 20.3. The van der Waals surface area contributed by atoms with Gasteiger partial charge in [0.05, 0.1) is 6.61 Å². The number of nitrogens with one attached hydrogen (secondary N) is 2. The van der Waals surface area contributed by atoms with E-state index < -0.39 is 48.3 Å². The molecular weight excluding hydrogens is 370 g/mol. The third kappa shape index (κ3) is 3.90. The standard InChI is InChI=1S/C18H21N3O7/c1-27-14-13(23)12(9-22)28-17(14)21-8-11(16(25)20-18(21)26)15(24)19-7-10-5-3-2-4-6-10/h2-6,8,12-14,17,22-23H,7,9H2,1H3,(H,19,24)(H,20,25,26). The molecule has 1 aromatic heterocycles. The number of hydrogen-bond donors (Lipinski definition) is 4. The van der Waals surface area contributed by atoms with Gasteiger partial charge in [-0.15, -0.1) is 0 Å². The van der Waals surface area contributed by atoms with Gasteiger partial charge in [0.1, 0.15) is 23.9 Å². The monoisotopic (exact) mass is 391 g/mol. The first-order chi connectivity index (χ1) is 13.5. The number of aliphatic hydroxyl groups is 2. The highest BCUT2D eigenvalue weighted by Crippen LogP contribution is 2.30. The number of hydrogen-bond acceptors (Lipinski definition) is 7. The van der Waals surface area contributed by atoms with E-state index in [-0.39, 0.29) is 12.1 Å². The molecule has 0 radical (unpaired) electrons. The number of aromatic amines is 1. The molecule has 28 heavy (non-hydrogen) atoms. The highest BCUT2D eigenvalue weighted by molar-refractivity contribution is 5.93. The molecule has 10 heteroatoms. The molecule has 10 nitrogen and oxygen atoms in total. The lowest BCUT2D eigenvalue weighted by Crippen LogP contribution is -2.41. The van der Waals surface area contributed by atoms with Crippen LogP contribution in [0.2, 0.25) is 0 Å². The van der Waals surface area contributed by atoms with Crippen LogP contribution >= 0.6 is 0 Å². The van der Waals surface area contributed by atoms with Crippen molar-refractivity contribution in [3.63, 3.8) is 0 Å². The van der Waals surface area contributed by atoms with E-state index in [9.17, 15) is 24.6 Å². The van der Waals surface area contributed by atoms with Crippen molar-refractivity contribution in [2.75, 3.05) is 13.7 Å². The number of nitrogens with zero attached hydrogens (tertiary/aromatic N) is 1. The quantitative estimate of drug-likeness (QED) is 0.481. The Morgan fingerprint density at radius 3 is 2.68 bits per heavy atom. The van der Waals surface area contributed by atoms with Crippen LogP contribution in [0.5, 0.6) is 0 Å². The maximum absolute atomic E-state index is 12.4. The number of aliphatic hydroxyl groups excluding tert-OH is 2. The molecule has 1 aliphatic heterocycles. The van der Waals surface area contributed by atoms with Gasteiger partial charge in [0.15, 0.2) is 6.23 Å². The second-order valence-corrected chi connectivity index (χ2v) is 6.32. The predicted molar refractivity (Wildman–Crippen MR) is 96.7 cm³/mol. The van der Waals surface area contributed by atoms with Crippen LogP contribution in [0.3, 0.4) is 0 Å². The fourth-order valence-electron chi connectivity index (χ4n) is 3.06. The average Bonchev–Trinajstić information content (AvgIpc) is 3.02. The first-order valence-electron chi connectivity index (χ1n) is 8.61. The Labute approximate surface area is 159 Å². The number of rotatable bonds is 6. The van der Waals surface area contributed by atoms with Crippen LogP contribution < -0.4 is 16.6 Å². The summed E-state index contributed by atoms with van der Waals surface area (Å²) in [6, 6.07) is 9.11. The molecule has 4 atom stereocenters. The van der Waals surface area contributed by atoms with Crippen molar-refractivity contribution in [2.24, 2.45) is 0 Å². The lowest BCUT2D eigenvalue weighted by atomic mass is 10.1. The van der Waals surface area contributed by atoms with E-state index in [0.29, 0.717) is 0 Å². The van der Waals surface area contributed by atoms with Crippen molar-refractivity contribution in [3.8, 4) is 0 Å². The largest absolute Gasteiger partial charge is 0.394 e. The third-order valence-corrected chi connectivity index (χ3v) is 4.55. The van der Waals surface area contributed by atoms with Crippen LogP contribution in [0.15, 0.2) is 46.1 Å². The lowest BCUT2D eigenvalue weighted by molar-refractivity contribution is -0.0626. The zero-order valence-electron chi connectivity index (χ0n) is 15.1. The first-order valence-corrected chi connectivity index (χ1v) is 8.61. The summed E-state index contributed by atoms with van der Waals surface area (Å²) in [5.41, 5.74) is -1.13. The Bertz CT molecular complexity index is 940. The van der Waals surface area contributed by atoms with E-state index in [1.807, 2.05) is 30.3 Å². The van der Waals surface area contributed by atoms with E-state index in [0.717, 1.165) is 16.3 Å². The molecule has 4 N–H and O–H groups in total. The van der Waals surface area contributed by atoms with Gasteiger partial charge in [-0.2, -0.15) is 0 Å². The minimum absolute atomic E-state index is 0.199. The number of ether oxygens (including phenoxy) is 2. The Hall–Kier alpha value is -2.79. The van der Waals surface area contributed by atoms with E-state index in [4.69, 9.17) is 9.47 Å². The predicted octanol–water partition coefficient (Wildman–Crippen LogP) is -1.27. The Morgan fingerprint density at radius 1 is 1.32 bits per heavy atom. The summed E-state index contributed by atoms with van der Waals surface area (Å²) in [5, 5.41) is 22.0. The number of H-pyrrole nitrogens is 1. The smallest absolute Gasteiger partial charge is 0.330 e. The SMILES string of the molecule is COC1C(O)C(CO)OC1n1cc(C(=O)NCc2ccccc2)c(=O)[nH]c1=O. The van der Waals surface area contributed by atoms with Crippen molar-refractivity contribution in [2.45, 2.75) is 31.1 Å². The summed E-state index contributed by atoms with van der Waals surface area (Å²) in [4.78, 5) is 38.9. The Kier molecular flexibility index (Phi) is 6.05. The Balaban J connectivity index is 1.87. The molecule has 0 spiro atoms. The fraction of sp³-hybridized carbons (Fsp3) is 0.389. The molecule has 3 rings (SSSR count). The number of aromatic nitrogens is 2. The highest BCUT2D eigenvalue weighted by atomic mass is 16.6. The van der Waals surface area contributed by atoms with Crippen molar-refractivity contribution >= 4 is 5.91 Å². The molecule has 1 saturated heterocycles. The van der Waals surface area contributed by atoms with Gasteiger partial charge in [-0.25, -0.2) is 4.79 Å². The highest BCUT2D eigenvalue weighted by Gasteiger charge is 2.45. The van der Waals surface area contributed by atoms with Crippen LogP contribution in [0, 0.1) is 0 Å². The molecule has 1 aliphatic rings. The number of carbonyl (C=O) groups is 1. The van der Waals surface area contributed by atoms with Gasteiger partial charge < -0.3 is 25.0 Å². The van der Waals surface area contributed by atoms with Gasteiger partial charge in [-0.3, -0.25) is 19.1 Å². The van der Waals surface area contributed by atoms with Crippen molar-refractivity contribution in [1.82, 2.24) is 14.9 Å². The maximum atomic E-state index is 12.4. The summed E-state index contributed by atoms with van der Waals surface area (Å²) < 4.78 is 11.6. The average molecular weight is 391 g/mol.